The van der Waals surface area contributed by atoms with E-state index in [2.05, 4.69) is 9.56 Å². The number of hydrogen-bond acceptors (Lipinski definition) is 2. The number of nitrogens with zero attached hydrogens (tertiary/aromatic N) is 2. The summed E-state index contributed by atoms with van der Waals surface area (Å²) in [6, 6.07) is 3.74. The lowest BCUT2D eigenvalue weighted by atomic mass is 10.2. The number of thiazole rings is 1. The molecule has 1 aromatic carbocycles. The van der Waals surface area contributed by atoms with Gasteiger partial charge in [-0.15, -0.1) is 11.3 Å². The third-order valence-corrected chi connectivity index (χ3v) is 5.31. The first-order valence-corrected chi connectivity index (χ1v) is 8.36. The van der Waals surface area contributed by atoms with E-state index in [9.17, 15) is 9.18 Å². The zero-order valence-electron chi connectivity index (χ0n) is 12.4. The van der Waals surface area contributed by atoms with Gasteiger partial charge in [-0.1, -0.05) is 11.6 Å². The van der Waals surface area contributed by atoms with Crippen LogP contribution in [-0.2, 0) is 6.54 Å². The second-order valence-electron chi connectivity index (χ2n) is 5.62. The Bertz CT molecular complexity index is 805. The average Bonchev–Trinajstić information content (AvgIpc) is 3.25. The van der Waals surface area contributed by atoms with Crippen molar-refractivity contribution in [3.63, 3.8) is 0 Å². The molecule has 0 radical (unpaired) electrons. The first kappa shape index (κ1) is 15.4. The predicted octanol–water partition coefficient (Wildman–Crippen LogP) is 4.11. The van der Waals surface area contributed by atoms with Gasteiger partial charge in [-0.05, 0) is 50.8 Å². The fourth-order valence-corrected chi connectivity index (χ4v) is 3.45. The first-order valence-electron chi connectivity index (χ1n) is 7.16. The maximum atomic E-state index is 13.3. The summed E-state index contributed by atoms with van der Waals surface area (Å²) in [6.07, 6.45) is 2.45. The molecule has 1 fully saturated rings. The molecule has 1 aromatic heterocycles. The Labute approximate surface area is 137 Å². The van der Waals surface area contributed by atoms with E-state index < -0.39 is 11.7 Å². The van der Waals surface area contributed by atoms with Gasteiger partial charge in [0.05, 0.1) is 10.6 Å². The second kappa shape index (κ2) is 5.97. The molecule has 1 aliphatic rings. The monoisotopic (exact) mass is 338 g/mol. The van der Waals surface area contributed by atoms with E-state index >= 15 is 0 Å². The fraction of sp³-hybridized carbons (Fsp3) is 0.375. The fourth-order valence-electron chi connectivity index (χ4n) is 2.26. The standard InChI is InChI=1S/C16H16ClFN2OS/c1-9-10(2)22-16(20(9)8-11-3-4-11)19-15(21)13-7-12(18)5-6-14(13)17/h5-7,11H,3-4,8H2,1-2H3/b19-16-. The number of benzene rings is 1. The predicted molar refractivity (Wildman–Crippen MR) is 85.8 cm³/mol. The Hall–Kier alpha value is -1.46. The van der Waals surface area contributed by atoms with E-state index in [1.807, 2.05) is 13.8 Å². The lowest BCUT2D eigenvalue weighted by Crippen LogP contribution is -2.19. The molecule has 1 saturated carbocycles. The van der Waals surface area contributed by atoms with Gasteiger partial charge >= 0.3 is 0 Å². The third kappa shape index (κ3) is 3.15. The van der Waals surface area contributed by atoms with Crippen LogP contribution in [0.4, 0.5) is 4.39 Å². The van der Waals surface area contributed by atoms with Crippen molar-refractivity contribution in [3.05, 3.63) is 50.0 Å². The quantitative estimate of drug-likeness (QED) is 0.829. The van der Waals surface area contributed by atoms with Crippen molar-refractivity contribution < 1.29 is 9.18 Å². The highest BCUT2D eigenvalue weighted by Crippen LogP contribution is 2.31. The van der Waals surface area contributed by atoms with Crippen molar-refractivity contribution >= 4 is 28.8 Å². The van der Waals surface area contributed by atoms with Crippen LogP contribution in [0.25, 0.3) is 0 Å². The number of carbonyl (C=O) groups excluding carboxylic acids is 1. The molecule has 0 unspecified atom stereocenters. The molecule has 116 valence electrons. The molecule has 1 amide bonds. The Kier molecular flexibility index (Phi) is 4.19. The molecule has 3 rings (SSSR count). The Balaban J connectivity index is 2.02. The van der Waals surface area contributed by atoms with Gasteiger partial charge in [-0.3, -0.25) is 4.79 Å². The van der Waals surface area contributed by atoms with Crippen molar-refractivity contribution in [1.29, 1.82) is 0 Å². The molecule has 0 aliphatic heterocycles. The van der Waals surface area contributed by atoms with Crippen molar-refractivity contribution in [2.24, 2.45) is 10.9 Å². The molecule has 0 bridgehead atoms. The van der Waals surface area contributed by atoms with E-state index in [1.54, 1.807) is 0 Å². The number of aromatic nitrogens is 1. The summed E-state index contributed by atoms with van der Waals surface area (Å²) in [6.45, 7) is 4.94. The number of rotatable bonds is 3. The maximum absolute atomic E-state index is 13.3. The highest BCUT2D eigenvalue weighted by Gasteiger charge is 2.23. The summed E-state index contributed by atoms with van der Waals surface area (Å²) >= 11 is 7.46. The van der Waals surface area contributed by atoms with Crippen LogP contribution < -0.4 is 4.80 Å². The third-order valence-electron chi connectivity index (χ3n) is 3.88. The summed E-state index contributed by atoms with van der Waals surface area (Å²) in [7, 11) is 0. The molecule has 2 aromatic rings. The van der Waals surface area contributed by atoms with Gasteiger partial charge in [0.1, 0.15) is 5.82 Å². The number of aryl methyl sites for hydroxylation is 1. The average molecular weight is 339 g/mol. The minimum Gasteiger partial charge on any atom is -0.320 e. The molecular weight excluding hydrogens is 323 g/mol. The van der Waals surface area contributed by atoms with Gasteiger partial charge in [0, 0.05) is 17.1 Å². The highest BCUT2D eigenvalue weighted by molar-refractivity contribution is 7.09. The molecule has 22 heavy (non-hydrogen) atoms. The molecule has 1 aliphatic carbocycles. The van der Waals surface area contributed by atoms with E-state index in [0.717, 1.165) is 23.2 Å². The maximum Gasteiger partial charge on any atom is 0.281 e. The SMILES string of the molecule is Cc1s/c(=N\C(=O)c2cc(F)ccc2Cl)n(CC2CC2)c1C. The lowest BCUT2D eigenvalue weighted by molar-refractivity contribution is 0.0997. The Morgan fingerprint density at radius 2 is 2.18 bits per heavy atom. The van der Waals surface area contributed by atoms with Gasteiger partial charge in [-0.2, -0.15) is 4.99 Å². The van der Waals surface area contributed by atoms with Gasteiger partial charge in [0.2, 0.25) is 0 Å². The normalized spacial score (nSPS) is 15.4. The van der Waals surface area contributed by atoms with Crippen LogP contribution in [0.5, 0.6) is 0 Å². The minimum absolute atomic E-state index is 0.100. The van der Waals surface area contributed by atoms with Crippen LogP contribution in [-0.4, -0.2) is 10.5 Å². The molecule has 6 heteroatoms. The molecule has 1 heterocycles. The van der Waals surface area contributed by atoms with E-state index in [-0.39, 0.29) is 10.6 Å². The summed E-state index contributed by atoms with van der Waals surface area (Å²) in [5.74, 6) is -0.317. The summed E-state index contributed by atoms with van der Waals surface area (Å²) in [4.78, 5) is 18.3. The lowest BCUT2D eigenvalue weighted by Gasteiger charge is -2.05. The first-order chi connectivity index (χ1) is 10.5. The van der Waals surface area contributed by atoms with E-state index in [0.29, 0.717) is 10.7 Å². The molecule has 0 saturated heterocycles. The van der Waals surface area contributed by atoms with Crippen molar-refractivity contribution in [1.82, 2.24) is 4.57 Å². The Morgan fingerprint density at radius 1 is 1.45 bits per heavy atom. The largest absolute Gasteiger partial charge is 0.320 e. The summed E-state index contributed by atoms with van der Waals surface area (Å²) in [5, 5.41) is 0.217. The smallest absolute Gasteiger partial charge is 0.281 e. The van der Waals surface area contributed by atoms with Crippen LogP contribution in [0.2, 0.25) is 5.02 Å². The molecule has 0 atom stereocenters. The second-order valence-corrected chi connectivity index (χ2v) is 7.21. The van der Waals surface area contributed by atoms with Crippen LogP contribution in [0, 0.1) is 25.6 Å². The number of halogens is 2. The molecule has 0 N–H and O–H groups in total. The van der Waals surface area contributed by atoms with Crippen molar-refractivity contribution in [3.8, 4) is 0 Å². The van der Waals surface area contributed by atoms with Crippen LogP contribution in [0.15, 0.2) is 23.2 Å². The van der Waals surface area contributed by atoms with Gasteiger partial charge in [-0.25, -0.2) is 4.39 Å². The van der Waals surface area contributed by atoms with E-state index in [4.69, 9.17) is 11.6 Å². The topological polar surface area (TPSA) is 34.4 Å². The molecule has 3 nitrogen and oxygen atoms in total. The van der Waals surface area contributed by atoms with Crippen LogP contribution in [0.3, 0.4) is 0 Å². The number of amides is 1. The number of hydrogen-bond donors (Lipinski definition) is 0. The zero-order chi connectivity index (χ0) is 15.9. The van der Waals surface area contributed by atoms with Crippen molar-refractivity contribution in [2.45, 2.75) is 33.2 Å². The molecule has 0 spiro atoms. The highest BCUT2D eigenvalue weighted by atomic mass is 35.5. The van der Waals surface area contributed by atoms with Crippen LogP contribution in [0.1, 0.15) is 33.8 Å². The van der Waals surface area contributed by atoms with Crippen LogP contribution >= 0.6 is 22.9 Å². The summed E-state index contributed by atoms with van der Waals surface area (Å²) in [5.41, 5.74) is 1.23. The zero-order valence-corrected chi connectivity index (χ0v) is 14.0. The van der Waals surface area contributed by atoms with Crippen molar-refractivity contribution in [2.75, 3.05) is 0 Å². The van der Waals surface area contributed by atoms with Gasteiger partial charge in [0.25, 0.3) is 5.91 Å². The minimum atomic E-state index is -0.504. The van der Waals surface area contributed by atoms with Gasteiger partial charge in [0.15, 0.2) is 4.80 Å². The molecular formula is C16H16ClFN2OS. The van der Waals surface area contributed by atoms with Gasteiger partial charge < -0.3 is 4.57 Å². The summed E-state index contributed by atoms with van der Waals surface area (Å²) < 4.78 is 15.4. The number of carbonyl (C=O) groups is 1. The van der Waals surface area contributed by atoms with E-state index in [1.165, 1.54) is 36.3 Å². The Morgan fingerprint density at radius 3 is 2.86 bits per heavy atom.